The molecule has 36 heavy (non-hydrogen) atoms. The van der Waals surface area contributed by atoms with Crippen LogP contribution in [0.4, 0.5) is 0 Å². The Bertz CT molecular complexity index is 1230. The van der Waals surface area contributed by atoms with Crippen LogP contribution in [0.1, 0.15) is 50.5 Å². The molecule has 0 aliphatic heterocycles. The number of carbonyl (C=O) groups excluding carboxylic acids is 1. The van der Waals surface area contributed by atoms with Gasteiger partial charge in [0.2, 0.25) is 5.91 Å². The summed E-state index contributed by atoms with van der Waals surface area (Å²) in [4.78, 5) is 23.4. The molecule has 0 saturated carbocycles. The Labute approximate surface area is 220 Å². The first-order chi connectivity index (χ1) is 17.1. The van der Waals surface area contributed by atoms with Gasteiger partial charge in [-0.3, -0.25) is 4.79 Å². The summed E-state index contributed by atoms with van der Waals surface area (Å²) >= 11 is 12.8. The maximum absolute atomic E-state index is 12.1. The molecule has 0 spiro atoms. The predicted octanol–water partition coefficient (Wildman–Crippen LogP) is 6.59. The number of amides is 1. The number of nitrogens with zero attached hydrogens (tertiary/aromatic N) is 1. The number of carbonyl (C=O) groups is 2. The minimum absolute atomic E-state index is 0.0705. The van der Waals surface area contributed by atoms with Gasteiger partial charge in [-0.25, -0.2) is 4.79 Å². The number of carboxylic acids is 1. The summed E-state index contributed by atoms with van der Waals surface area (Å²) in [7, 11) is 0. The number of hydrogen-bond acceptors (Lipinski definition) is 5. The molecular formula is C27H28Cl2N2O5. The lowest BCUT2D eigenvalue weighted by Crippen LogP contribution is -2.43. The summed E-state index contributed by atoms with van der Waals surface area (Å²) in [6, 6.07) is 11.4. The van der Waals surface area contributed by atoms with Gasteiger partial charge >= 0.3 is 5.97 Å². The fourth-order valence-corrected chi connectivity index (χ4v) is 4.13. The monoisotopic (exact) mass is 530 g/mol. The molecule has 190 valence electrons. The quantitative estimate of drug-likeness (QED) is 0.286. The van der Waals surface area contributed by atoms with Crippen LogP contribution in [0.2, 0.25) is 10.0 Å². The molecule has 1 unspecified atom stereocenters. The minimum Gasteiger partial charge on any atom is -0.489 e. The fourth-order valence-electron chi connectivity index (χ4n) is 3.55. The normalized spacial score (nSPS) is 12.3. The van der Waals surface area contributed by atoms with Crippen molar-refractivity contribution in [1.82, 2.24) is 10.5 Å². The van der Waals surface area contributed by atoms with Crippen LogP contribution in [0.3, 0.4) is 0 Å². The molecule has 0 aliphatic rings. The average Bonchev–Trinajstić information content (AvgIpc) is 3.23. The highest BCUT2D eigenvalue weighted by Gasteiger charge is 2.24. The molecule has 1 amide bonds. The topological polar surface area (TPSA) is 102 Å². The molecule has 0 radical (unpaired) electrons. The predicted molar refractivity (Wildman–Crippen MR) is 140 cm³/mol. The zero-order valence-corrected chi connectivity index (χ0v) is 21.9. The van der Waals surface area contributed by atoms with Crippen molar-refractivity contribution in [2.45, 2.75) is 46.3 Å². The molecule has 1 aromatic heterocycles. The van der Waals surface area contributed by atoms with Gasteiger partial charge in [0.05, 0.1) is 15.6 Å². The van der Waals surface area contributed by atoms with Gasteiger partial charge < -0.3 is 19.7 Å². The SMILES string of the molecule is CC(C)c1onc(-c2c(Cl)cccc2Cl)c1COc1ccc(/C=C/C(=O)NC(C(=O)O)C(C)C)cc1. The number of carboxylic acid groups (broad SMARTS) is 1. The molecule has 7 nitrogen and oxygen atoms in total. The summed E-state index contributed by atoms with van der Waals surface area (Å²) in [5.41, 5.74) is 2.65. The van der Waals surface area contributed by atoms with Crippen molar-refractivity contribution in [3.63, 3.8) is 0 Å². The van der Waals surface area contributed by atoms with Crippen molar-refractivity contribution in [2.75, 3.05) is 0 Å². The van der Waals surface area contributed by atoms with Gasteiger partial charge in [-0.2, -0.15) is 0 Å². The molecule has 2 aromatic carbocycles. The van der Waals surface area contributed by atoms with Gasteiger partial charge in [-0.15, -0.1) is 0 Å². The second kappa shape index (κ2) is 12.1. The van der Waals surface area contributed by atoms with E-state index in [-0.39, 0.29) is 18.4 Å². The van der Waals surface area contributed by atoms with Gasteiger partial charge in [-0.1, -0.05) is 74.3 Å². The Hall–Kier alpha value is -3.29. The van der Waals surface area contributed by atoms with Crippen LogP contribution in [0.25, 0.3) is 17.3 Å². The van der Waals surface area contributed by atoms with E-state index in [1.54, 1.807) is 62.4 Å². The number of hydrogen-bond donors (Lipinski definition) is 2. The maximum Gasteiger partial charge on any atom is 0.326 e. The average molecular weight is 531 g/mol. The van der Waals surface area contributed by atoms with Crippen molar-refractivity contribution < 1.29 is 24.0 Å². The standard InChI is InChI=1S/C27H28Cl2N2O5/c1-15(2)24(27(33)34)30-22(32)13-10-17-8-11-18(12-9-17)35-14-19-25(31-36-26(19)16(3)4)23-20(28)6-5-7-21(23)29/h5-13,15-16,24H,14H2,1-4H3,(H,30,32)(H,33,34)/b13-10+. The summed E-state index contributed by atoms with van der Waals surface area (Å²) < 4.78 is 11.6. The van der Waals surface area contributed by atoms with Gasteiger partial charge in [0.1, 0.15) is 29.9 Å². The minimum atomic E-state index is -1.07. The Morgan fingerprint density at radius 2 is 1.72 bits per heavy atom. The summed E-state index contributed by atoms with van der Waals surface area (Å²) in [6.45, 7) is 7.66. The number of benzene rings is 2. The van der Waals surface area contributed by atoms with E-state index in [0.29, 0.717) is 32.8 Å². The van der Waals surface area contributed by atoms with Gasteiger partial charge in [0.15, 0.2) is 0 Å². The van der Waals surface area contributed by atoms with Crippen LogP contribution in [-0.2, 0) is 16.2 Å². The Kier molecular flexibility index (Phi) is 9.18. The second-order valence-corrected chi connectivity index (χ2v) is 9.70. The third-order valence-electron chi connectivity index (χ3n) is 5.46. The highest BCUT2D eigenvalue weighted by Crippen LogP contribution is 2.38. The second-order valence-electron chi connectivity index (χ2n) is 8.88. The molecule has 3 aromatic rings. The third-order valence-corrected chi connectivity index (χ3v) is 6.09. The van der Waals surface area contributed by atoms with E-state index in [1.807, 2.05) is 13.8 Å². The zero-order valence-electron chi connectivity index (χ0n) is 20.4. The van der Waals surface area contributed by atoms with Crippen LogP contribution in [0.5, 0.6) is 5.75 Å². The lowest BCUT2D eigenvalue weighted by molar-refractivity contribution is -0.142. The highest BCUT2D eigenvalue weighted by molar-refractivity contribution is 6.39. The molecule has 1 atom stereocenters. The summed E-state index contributed by atoms with van der Waals surface area (Å²) in [5, 5.41) is 16.9. The Morgan fingerprint density at radius 3 is 2.28 bits per heavy atom. The highest BCUT2D eigenvalue weighted by atomic mass is 35.5. The van der Waals surface area contributed by atoms with E-state index < -0.39 is 17.9 Å². The van der Waals surface area contributed by atoms with Crippen molar-refractivity contribution in [2.24, 2.45) is 5.92 Å². The van der Waals surface area contributed by atoms with E-state index in [4.69, 9.17) is 32.5 Å². The molecule has 0 bridgehead atoms. The first-order valence-electron chi connectivity index (χ1n) is 11.5. The molecule has 1 heterocycles. The number of ether oxygens (including phenoxy) is 1. The number of nitrogens with one attached hydrogen (secondary N) is 1. The largest absolute Gasteiger partial charge is 0.489 e. The van der Waals surface area contributed by atoms with Crippen molar-refractivity contribution in [3.8, 4) is 17.0 Å². The number of halogens is 2. The number of rotatable bonds is 10. The van der Waals surface area contributed by atoms with Gasteiger partial charge in [0.25, 0.3) is 0 Å². The lowest BCUT2D eigenvalue weighted by Gasteiger charge is -2.16. The molecular weight excluding hydrogens is 503 g/mol. The summed E-state index contributed by atoms with van der Waals surface area (Å²) in [6.07, 6.45) is 2.91. The number of aromatic nitrogens is 1. The van der Waals surface area contributed by atoms with E-state index in [0.717, 1.165) is 11.1 Å². The van der Waals surface area contributed by atoms with Crippen LogP contribution in [0, 0.1) is 5.92 Å². The van der Waals surface area contributed by atoms with Gasteiger partial charge in [-0.05, 0) is 41.8 Å². The third kappa shape index (κ3) is 6.68. The van der Waals surface area contributed by atoms with E-state index in [9.17, 15) is 14.7 Å². The van der Waals surface area contributed by atoms with Crippen molar-refractivity contribution in [1.29, 1.82) is 0 Å². The molecule has 0 fully saturated rings. The lowest BCUT2D eigenvalue weighted by atomic mass is 10.0. The van der Waals surface area contributed by atoms with Gasteiger partial charge in [0, 0.05) is 17.6 Å². The van der Waals surface area contributed by atoms with E-state index in [1.165, 1.54) is 6.08 Å². The van der Waals surface area contributed by atoms with E-state index in [2.05, 4.69) is 10.5 Å². The van der Waals surface area contributed by atoms with Crippen LogP contribution < -0.4 is 10.1 Å². The summed E-state index contributed by atoms with van der Waals surface area (Å²) in [5.74, 6) is -0.409. The van der Waals surface area contributed by atoms with Crippen LogP contribution >= 0.6 is 23.2 Å². The molecule has 2 N–H and O–H groups in total. The smallest absolute Gasteiger partial charge is 0.326 e. The first-order valence-corrected chi connectivity index (χ1v) is 12.2. The number of aliphatic carboxylic acids is 1. The Morgan fingerprint density at radius 1 is 1.08 bits per heavy atom. The van der Waals surface area contributed by atoms with Crippen LogP contribution in [-0.4, -0.2) is 28.2 Å². The van der Waals surface area contributed by atoms with Crippen molar-refractivity contribution in [3.05, 3.63) is 75.5 Å². The zero-order chi connectivity index (χ0) is 26.4. The van der Waals surface area contributed by atoms with Crippen LogP contribution in [0.15, 0.2) is 53.1 Å². The van der Waals surface area contributed by atoms with Crippen molar-refractivity contribution >= 4 is 41.2 Å². The first kappa shape index (κ1) is 27.3. The Balaban J connectivity index is 1.72. The molecule has 3 rings (SSSR count). The molecule has 9 heteroatoms. The van der Waals surface area contributed by atoms with E-state index >= 15 is 0 Å². The maximum atomic E-state index is 12.1. The molecule has 0 saturated heterocycles. The fraction of sp³-hybridized carbons (Fsp3) is 0.296. The molecule has 0 aliphatic carbocycles.